The molecule has 1 atom stereocenters. The maximum Gasteiger partial charge on any atom is 0.326 e. The van der Waals surface area contributed by atoms with Crippen LogP contribution >= 0.6 is 0 Å². The number of carbonyl (C=O) groups excluding carboxylic acids is 2. The molecule has 0 radical (unpaired) electrons. The number of hydrogen-bond acceptors (Lipinski definition) is 3. The molecule has 3 heterocycles. The van der Waals surface area contributed by atoms with Crippen molar-refractivity contribution in [3.05, 3.63) is 71.2 Å². The fourth-order valence-corrected chi connectivity index (χ4v) is 4.99. The topological polar surface area (TPSA) is 54.8 Å². The summed E-state index contributed by atoms with van der Waals surface area (Å²) in [5.41, 5.74) is 3.89. The lowest BCUT2D eigenvalue weighted by Crippen LogP contribution is -2.40. The van der Waals surface area contributed by atoms with Crippen LogP contribution in [-0.2, 0) is 29.0 Å². The average molecular weight is 450 g/mol. The number of hydrogen-bond donors (Lipinski definition) is 0. The van der Waals surface area contributed by atoms with Gasteiger partial charge in [0.1, 0.15) is 18.0 Å². The highest BCUT2D eigenvalue weighted by atomic mass is 19.1. The Labute approximate surface area is 192 Å². The van der Waals surface area contributed by atoms with Crippen molar-refractivity contribution in [1.29, 1.82) is 0 Å². The van der Waals surface area contributed by atoms with Crippen LogP contribution in [-0.4, -0.2) is 51.1 Å². The summed E-state index contributed by atoms with van der Waals surface area (Å²) in [5.74, 6) is -0.645. The SMILES string of the molecule is CC(C)(C)OC(=O)CN1CC2Cc3c(n(Cc4ccc(F)cc4)c4ccccc34)CN2C1=O. The number of aromatic nitrogens is 1. The van der Waals surface area contributed by atoms with Gasteiger partial charge in [0.05, 0.1) is 12.6 Å². The third kappa shape index (κ3) is 4.08. The molecule has 2 aliphatic heterocycles. The zero-order valence-electron chi connectivity index (χ0n) is 19.2. The minimum Gasteiger partial charge on any atom is -0.459 e. The van der Waals surface area contributed by atoms with Crippen LogP contribution < -0.4 is 0 Å². The van der Waals surface area contributed by atoms with Gasteiger partial charge in [-0.05, 0) is 56.5 Å². The lowest BCUT2D eigenvalue weighted by atomic mass is 9.98. The monoisotopic (exact) mass is 449 g/mol. The van der Waals surface area contributed by atoms with E-state index in [4.69, 9.17) is 4.74 Å². The van der Waals surface area contributed by atoms with E-state index in [0.29, 0.717) is 19.6 Å². The highest BCUT2D eigenvalue weighted by Crippen LogP contribution is 2.36. The molecule has 0 N–H and O–H groups in total. The number of fused-ring (bicyclic) bond motifs is 4. The van der Waals surface area contributed by atoms with Gasteiger partial charge in [0, 0.05) is 29.7 Å². The molecule has 172 valence electrons. The van der Waals surface area contributed by atoms with E-state index in [2.05, 4.69) is 16.7 Å². The first-order chi connectivity index (χ1) is 15.7. The molecule has 1 unspecified atom stereocenters. The number of esters is 1. The Bertz CT molecular complexity index is 1230. The Morgan fingerprint density at radius 1 is 1.12 bits per heavy atom. The molecule has 33 heavy (non-hydrogen) atoms. The number of para-hydroxylation sites is 1. The normalized spacial score (nSPS) is 17.9. The van der Waals surface area contributed by atoms with Crippen LogP contribution in [0.15, 0.2) is 48.5 Å². The second-order valence-corrected chi connectivity index (χ2v) is 9.89. The maximum absolute atomic E-state index is 13.4. The molecule has 0 spiro atoms. The molecule has 0 aliphatic carbocycles. The Morgan fingerprint density at radius 3 is 2.58 bits per heavy atom. The lowest BCUT2D eigenvalue weighted by Gasteiger charge is -2.29. The zero-order valence-corrected chi connectivity index (χ0v) is 19.2. The van der Waals surface area contributed by atoms with Crippen molar-refractivity contribution in [2.45, 2.75) is 51.9 Å². The molecule has 0 bridgehead atoms. The summed E-state index contributed by atoms with van der Waals surface area (Å²) < 4.78 is 21.1. The van der Waals surface area contributed by atoms with E-state index < -0.39 is 5.60 Å². The van der Waals surface area contributed by atoms with Crippen molar-refractivity contribution >= 4 is 22.9 Å². The first-order valence-electron chi connectivity index (χ1n) is 11.3. The van der Waals surface area contributed by atoms with Gasteiger partial charge < -0.3 is 19.1 Å². The summed E-state index contributed by atoms with van der Waals surface area (Å²) in [6.45, 7) is 7.02. The fraction of sp³-hybridized carbons (Fsp3) is 0.385. The van der Waals surface area contributed by atoms with Gasteiger partial charge in [-0.2, -0.15) is 0 Å². The highest BCUT2D eigenvalue weighted by molar-refractivity contribution is 5.88. The van der Waals surface area contributed by atoms with Crippen LogP contribution in [0.4, 0.5) is 9.18 Å². The standard InChI is InChI=1S/C26H28FN3O3/c1-26(2,3)33-24(31)16-28-14-19-12-21-20-6-4-5-7-22(20)30(23(21)15-29(19)25(28)32)13-17-8-10-18(27)11-9-17/h4-11,19H,12-16H2,1-3H3. The number of amides is 2. The van der Waals surface area contributed by atoms with Crippen molar-refractivity contribution in [2.75, 3.05) is 13.1 Å². The maximum atomic E-state index is 13.4. The van der Waals surface area contributed by atoms with Crippen LogP contribution in [0.2, 0.25) is 0 Å². The number of benzene rings is 2. The van der Waals surface area contributed by atoms with Crippen LogP contribution in [0.1, 0.15) is 37.6 Å². The number of rotatable bonds is 4. The predicted octanol–water partition coefficient (Wildman–Crippen LogP) is 4.33. The molecule has 2 aromatic carbocycles. The number of carbonyl (C=O) groups is 2. The predicted molar refractivity (Wildman–Crippen MR) is 123 cm³/mol. The number of nitrogens with zero attached hydrogens (tertiary/aromatic N) is 3. The van der Waals surface area contributed by atoms with E-state index in [9.17, 15) is 14.0 Å². The summed E-state index contributed by atoms with van der Waals surface area (Å²) in [4.78, 5) is 29.0. The Kier molecular flexibility index (Phi) is 5.15. The Morgan fingerprint density at radius 2 is 1.85 bits per heavy atom. The van der Waals surface area contributed by atoms with E-state index in [1.165, 1.54) is 23.1 Å². The molecular weight excluding hydrogens is 421 g/mol. The van der Waals surface area contributed by atoms with Crippen LogP contribution in [0.25, 0.3) is 10.9 Å². The van der Waals surface area contributed by atoms with E-state index >= 15 is 0 Å². The molecule has 6 nitrogen and oxygen atoms in total. The van der Waals surface area contributed by atoms with Crippen molar-refractivity contribution < 1.29 is 18.7 Å². The first-order valence-corrected chi connectivity index (χ1v) is 11.3. The van der Waals surface area contributed by atoms with E-state index in [0.717, 1.165) is 23.2 Å². The molecule has 2 aliphatic rings. The van der Waals surface area contributed by atoms with Crippen LogP contribution in [0.3, 0.4) is 0 Å². The van der Waals surface area contributed by atoms with Crippen LogP contribution in [0.5, 0.6) is 0 Å². The molecule has 1 fully saturated rings. The van der Waals surface area contributed by atoms with Gasteiger partial charge in [-0.3, -0.25) is 4.79 Å². The van der Waals surface area contributed by atoms with Crippen molar-refractivity contribution in [1.82, 2.24) is 14.4 Å². The summed E-state index contributed by atoms with van der Waals surface area (Å²) in [6.07, 6.45) is 0.739. The zero-order chi connectivity index (χ0) is 23.3. The van der Waals surface area contributed by atoms with E-state index in [-0.39, 0.29) is 30.4 Å². The molecule has 1 aromatic heterocycles. The minimum absolute atomic E-state index is 0.0255. The highest BCUT2D eigenvalue weighted by Gasteiger charge is 2.42. The number of urea groups is 1. The molecule has 0 saturated carbocycles. The van der Waals surface area contributed by atoms with Gasteiger partial charge >= 0.3 is 12.0 Å². The van der Waals surface area contributed by atoms with Crippen molar-refractivity contribution in [2.24, 2.45) is 0 Å². The second-order valence-electron chi connectivity index (χ2n) is 9.89. The van der Waals surface area contributed by atoms with Crippen molar-refractivity contribution in [3.63, 3.8) is 0 Å². The van der Waals surface area contributed by atoms with Gasteiger partial charge in [-0.25, -0.2) is 9.18 Å². The molecular formula is C26H28FN3O3. The fourth-order valence-electron chi connectivity index (χ4n) is 4.99. The Balaban J connectivity index is 1.43. The second kappa shape index (κ2) is 7.90. The molecule has 5 rings (SSSR count). The third-order valence-corrected chi connectivity index (χ3v) is 6.34. The van der Waals surface area contributed by atoms with Crippen molar-refractivity contribution in [3.8, 4) is 0 Å². The van der Waals surface area contributed by atoms with Gasteiger partial charge in [0.25, 0.3) is 0 Å². The molecule has 3 aromatic rings. The van der Waals surface area contributed by atoms with Gasteiger partial charge in [0.15, 0.2) is 0 Å². The minimum atomic E-state index is -0.583. The smallest absolute Gasteiger partial charge is 0.326 e. The van der Waals surface area contributed by atoms with Gasteiger partial charge in [-0.1, -0.05) is 30.3 Å². The summed E-state index contributed by atoms with van der Waals surface area (Å²) >= 11 is 0. The quantitative estimate of drug-likeness (QED) is 0.557. The molecule has 2 amide bonds. The average Bonchev–Trinajstić information content (AvgIpc) is 3.21. The summed E-state index contributed by atoms with van der Waals surface area (Å²) in [5, 5.41) is 1.19. The largest absolute Gasteiger partial charge is 0.459 e. The number of halogens is 1. The summed E-state index contributed by atoms with van der Waals surface area (Å²) in [6, 6.07) is 14.7. The van der Waals surface area contributed by atoms with Gasteiger partial charge in [0.2, 0.25) is 0 Å². The Hall–Kier alpha value is -3.35. The van der Waals surface area contributed by atoms with Gasteiger partial charge in [-0.15, -0.1) is 0 Å². The summed E-state index contributed by atoms with van der Waals surface area (Å²) in [7, 11) is 0. The lowest BCUT2D eigenvalue weighted by molar-refractivity contribution is -0.155. The van der Waals surface area contributed by atoms with E-state index in [1.807, 2.05) is 37.8 Å². The van der Waals surface area contributed by atoms with E-state index in [1.54, 1.807) is 17.0 Å². The number of ether oxygens (including phenoxy) is 1. The third-order valence-electron chi connectivity index (χ3n) is 6.34. The molecule has 1 saturated heterocycles. The van der Waals surface area contributed by atoms with Crippen LogP contribution in [0, 0.1) is 5.82 Å². The first kappa shape index (κ1) is 21.5. The molecule has 7 heteroatoms.